The summed E-state index contributed by atoms with van der Waals surface area (Å²) in [6, 6.07) is 6.55. The van der Waals surface area contributed by atoms with Crippen molar-refractivity contribution in [2.45, 2.75) is 26.0 Å². The Kier molecular flexibility index (Phi) is 5.71. The minimum Gasteiger partial charge on any atom is -0.387 e. The summed E-state index contributed by atoms with van der Waals surface area (Å²) >= 11 is 0. The maximum absolute atomic E-state index is 13.0. The average molecular weight is 349 g/mol. The molecule has 0 aromatic heterocycles. The van der Waals surface area contributed by atoms with E-state index in [1.54, 1.807) is 19.1 Å². The molecule has 0 saturated carbocycles. The van der Waals surface area contributed by atoms with Crippen molar-refractivity contribution in [3.63, 3.8) is 0 Å². The van der Waals surface area contributed by atoms with Crippen LogP contribution < -0.4 is 0 Å². The molecule has 6 heteroatoms. The van der Waals surface area contributed by atoms with Crippen molar-refractivity contribution >= 4 is 5.91 Å². The van der Waals surface area contributed by atoms with Crippen LogP contribution in [0, 0.1) is 11.7 Å². The predicted molar refractivity (Wildman–Crippen MR) is 94.6 cm³/mol. The minimum atomic E-state index is -0.596. The molecular weight excluding hydrogens is 321 g/mol. The summed E-state index contributed by atoms with van der Waals surface area (Å²) in [7, 11) is 0. The highest BCUT2D eigenvalue weighted by atomic mass is 19.1. The molecule has 2 fully saturated rings. The normalized spacial score (nSPS) is 26.8. The molecule has 1 aromatic rings. The Hall–Kier alpha value is -1.50. The monoisotopic (exact) mass is 349 g/mol. The number of benzene rings is 1. The minimum absolute atomic E-state index is 0.156. The van der Waals surface area contributed by atoms with Gasteiger partial charge in [-0.25, -0.2) is 4.39 Å². The highest BCUT2D eigenvalue weighted by Crippen LogP contribution is 2.25. The number of aliphatic hydroxyl groups excluding tert-OH is 1. The molecular formula is C19H28FN3O2. The second kappa shape index (κ2) is 7.81. The maximum atomic E-state index is 13.0. The fourth-order valence-corrected chi connectivity index (χ4v) is 4.08. The van der Waals surface area contributed by atoms with Gasteiger partial charge in [-0.3, -0.25) is 14.6 Å². The molecule has 138 valence electrons. The molecule has 0 aliphatic carbocycles. The molecule has 2 aliphatic rings. The van der Waals surface area contributed by atoms with Gasteiger partial charge >= 0.3 is 0 Å². The number of amides is 1. The van der Waals surface area contributed by atoms with Gasteiger partial charge in [-0.15, -0.1) is 0 Å². The number of nitrogens with zero attached hydrogens (tertiary/aromatic N) is 3. The number of carbonyl (C=O) groups excluding carboxylic acids is 1. The van der Waals surface area contributed by atoms with Crippen LogP contribution >= 0.6 is 0 Å². The number of aliphatic hydroxyl groups is 1. The number of likely N-dealkylation sites (tertiary alicyclic amines) is 1. The van der Waals surface area contributed by atoms with E-state index in [2.05, 4.69) is 16.7 Å². The van der Waals surface area contributed by atoms with Gasteiger partial charge in [0.15, 0.2) is 0 Å². The van der Waals surface area contributed by atoms with Crippen LogP contribution in [0.25, 0.3) is 0 Å². The van der Waals surface area contributed by atoms with Crippen molar-refractivity contribution in [2.75, 3.05) is 45.8 Å². The molecule has 25 heavy (non-hydrogen) atoms. The van der Waals surface area contributed by atoms with E-state index < -0.39 is 6.10 Å². The number of hydrogen-bond acceptors (Lipinski definition) is 4. The van der Waals surface area contributed by atoms with E-state index in [0.29, 0.717) is 18.5 Å². The van der Waals surface area contributed by atoms with Crippen molar-refractivity contribution < 1.29 is 14.3 Å². The summed E-state index contributed by atoms with van der Waals surface area (Å²) in [6.07, 6.45) is -0.596. The molecule has 1 aromatic carbocycles. The van der Waals surface area contributed by atoms with Crippen LogP contribution in [0.2, 0.25) is 0 Å². The van der Waals surface area contributed by atoms with E-state index in [0.717, 1.165) is 44.8 Å². The van der Waals surface area contributed by atoms with Crippen LogP contribution in [0.15, 0.2) is 24.3 Å². The number of hydrogen-bond donors (Lipinski definition) is 1. The zero-order chi connectivity index (χ0) is 18.0. The van der Waals surface area contributed by atoms with Gasteiger partial charge in [0.25, 0.3) is 0 Å². The lowest BCUT2D eigenvalue weighted by molar-refractivity contribution is -0.130. The lowest BCUT2D eigenvalue weighted by atomic mass is 10.0. The lowest BCUT2D eigenvalue weighted by Gasteiger charge is -2.39. The summed E-state index contributed by atoms with van der Waals surface area (Å²) < 4.78 is 13.0. The highest BCUT2D eigenvalue weighted by molar-refractivity contribution is 5.73. The molecule has 0 spiro atoms. The van der Waals surface area contributed by atoms with Gasteiger partial charge in [0.2, 0.25) is 5.91 Å². The maximum Gasteiger partial charge on any atom is 0.219 e. The Morgan fingerprint density at radius 1 is 1.20 bits per heavy atom. The van der Waals surface area contributed by atoms with Crippen LogP contribution in [0.4, 0.5) is 4.39 Å². The first-order valence-electron chi connectivity index (χ1n) is 9.09. The van der Waals surface area contributed by atoms with Gasteiger partial charge in [0, 0.05) is 58.8 Å². The molecule has 0 radical (unpaired) electrons. The second-order valence-electron chi connectivity index (χ2n) is 7.37. The fraction of sp³-hybridized carbons (Fsp3) is 0.632. The molecule has 0 unspecified atom stereocenters. The van der Waals surface area contributed by atoms with Crippen LogP contribution in [-0.2, 0) is 4.79 Å². The molecule has 0 bridgehead atoms. The SMILES string of the molecule is CC(=O)N1CCN([C@@H]2CN(C[C@@H](O)c3ccc(F)cc3)C[C@@H]2C)CC1. The summed E-state index contributed by atoms with van der Waals surface area (Å²) in [4.78, 5) is 18.1. The molecule has 5 nitrogen and oxygen atoms in total. The van der Waals surface area contributed by atoms with Gasteiger partial charge in [0.1, 0.15) is 5.82 Å². The van der Waals surface area contributed by atoms with E-state index in [9.17, 15) is 14.3 Å². The van der Waals surface area contributed by atoms with Crippen molar-refractivity contribution in [3.8, 4) is 0 Å². The van der Waals surface area contributed by atoms with Crippen molar-refractivity contribution in [2.24, 2.45) is 5.92 Å². The first kappa shape index (κ1) is 18.3. The average Bonchev–Trinajstić information content (AvgIpc) is 2.95. The Bertz CT molecular complexity index is 587. The number of piperazine rings is 1. The largest absolute Gasteiger partial charge is 0.387 e. The van der Waals surface area contributed by atoms with E-state index in [4.69, 9.17) is 0 Å². The number of halogens is 1. The zero-order valence-electron chi connectivity index (χ0n) is 15.1. The van der Waals surface area contributed by atoms with Gasteiger partial charge in [-0.1, -0.05) is 19.1 Å². The fourth-order valence-electron chi connectivity index (χ4n) is 4.08. The molecule has 3 rings (SSSR count). The Labute approximate surface area is 149 Å². The smallest absolute Gasteiger partial charge is 0.219 e. The van der Waals surface area contributed by atoms with E-state index in [1.807, 2.05) is 4.90 Å². The third-order valence-electron chi connectivity index (χ3n) is 5.56. The summed E-state index contributed by atoms with van der Waals surface area (Å²) in [5.74, 6) is 0.406. The second-order valence-corrected chi connectivity index (χ2v) is 7.37. The van der Waals surface area contributed by atoms with Gasteiger partial charge in [-0.05, 0) is 23.6 Å². The topological polar surface area (TPSA) is 47.0 Å². The standard InChI is InChI=1S/C19H28FN3O2/c1-14-11-21(13-19(25)16-3-5-17(20)6-4-16)12-18(14)23-9-7-22(8-10-23)15(2)24/h3-6,14,18-19,25H,7-13H2,1-2H3/t14-,18+,19+/m0/s1. The molecule has 1 amide bonds. The van der Waals surface area contributed by atoms with Crippen LogP contribution in [0.1, 0.15) is 25.5 Å². The van der Waals surface area contributed by atoms with Gasteiger partial charge < -0.3 is 10.0 Å². The number of carbonyl (C=O) groups is 1. The van der Waals surface area contributed by atoms with Gasteiger partial charge in [-0.2, -0.15) is 0 Å². The first-order valence-corrected chi connectivity index (χ1v) is 9.09. The van der Waals surface area contributed by atoms with Crippen LogP contribution in [-0.4, -0.2) is 77.6 Å². The number of β-amino-alcohol motifs (C(OH)–C–C–N with tert-alkyl or cyclic N) is 1. The molecule has 3 atom stereocenters. The molecule has 2 saturated heterocycles. The third kappa shape index (κ3) is 4.37. The van der Waals surface area contributed by atoms with E-state index in [-0.39, 0.29) is 11.7 Å². The van der Waals surface area contributed by atoms with Crippen molar-refractivity contribution in [1.82, 2.24) is 14.7 Å². The van der Waals surface area contributed by atoms with E-state index in [1.165, 1.54) is 12.1 Å². The summed E-state index contributed by atoms with van der Waals surface area (Å²) in [5, 5.41) is 10.4. The zero-order valence-corrected chi connectivity index (χ0v) is 15.1. The molecule has 2 aliphatic heterocycles. The van der Waals surface area contributed by atoms with Crippen molar-refractivity contribution in [1.29, 1.82) is 0 Å². The molecule has 1 N–H and O–H groups in total. The lowest BCUT2D eigenvalue weighted by Crippen LogP contribution is -2.53. The van der Waals surface area contributed by atoms with E-state index >= 15 is 0 Å². The predicted octanol–water partition coefficient (Wildman–Crippen LogP) is 1.34. The summed E-state index contributed by atoms with van der Waals surface area (Å²) in [6.45, 7) is 9.79. The van der Waals surface area contributed by atoms with Crippen molar-refractivity contribution in [3.05, 3.63) is 35.6 Å². The quantitative estimate of drug-likeness (QED) is 0.891. The third-order valence-corrected chi connectivity index (χ3v) is 5.56. The summed E-state index contributed by atoms with van der Waals surface area (Å²) in [5.41, 5.74) is 0.757. The van der Waals surface area contributed by atoms with Crippen LogP contribution in [0.3, 0.4) is 0 Å². The number of rotatable bonds is 4. The van der Waals surface area contributed by atoms with Gasteiger partial charge in [0.05, 0.1) is 6.10 Å². The highest BCUT2D eigenvalue weighted by Gasteiger charge is 2.36. The van der Waals surface area contributed by atoms with Crippen LogP contribution in [0.5, 0.6) is 0 Å². The Morgan fingerprint density at radius 2 is 1.84 bits per heavy atom. The molecule has 2 heterocycles. The first-order chi connectivity index (χ1) is 11.9. The Balaban J connectivity index is 1.53. The Morgan fingerprint density at radius 3 is 2.44 bits per heavy atom.